The molecule has 0 aliphatic heterocycles. The molecule has 8 nitrogen and oxygen atoms in total. The zero-order chi connectivity index (χ0) is 17.3. The Balaban J connectivity index is 2.47. The highest BCUT2D eigenvalue weighted by Gasteiger charge is 2.25. The monoisotopic (exact) mass is 328 g/mol. The van der Waals surface area contributed by atoms with Gasteiger partial charge in [0.25, 0.3) is 0 Å². The lowest BCUT2D eigenvalue weighted by Crippen LogP contribution is -2.22. The first kappa shape index (κ1) is 15.7. The van der Waals surface area contributed by atoms with Crippen LogP contribution in [0.4, 0.5) is 0 Å². The normalized spacial score (nSPS) is 10.9. The Labute approximate surface area is 136 Å². The highest BCUT2D eigenvalue weighted by molar-refractivity contribution is 6.12. The summed E-state index contributed by atoms with van der Waals surface area (Å²) in [6.45, 7) is 3.68. The number of esters is 2. The highest BCUT2D eigenvalue weighted by Crippen LogP contribution is 2.24. The molecule has 3 rings (SSSR count). The Hall–Kier alpha value is -3.16. The van der Waals surface area contributed by atoms with E-state index in [4.69, 9.17) is 14.9 Å². The fraction of sp³-hybridized carbons (Fsp3) is 0.250. The maximum absolute atomic E-state index is 12.5. The van der Waals surface area contributed by atoms with Crippen LogP contribution in [0, 0.1) is 5.41 Å². The van der Waals surface area contributed by atoms with Crippen LogP contribution in [0.2, 0.25) is 0 Å². The molecule has 0 atom stereocenters. The van der Waals surface area contributed by atoms with Crippen molar-refractivity contribution in [2.75, 3.05) is 13.2 Å². The van der Waals surface area contributed by atoms with Crippen LogP contribution < -0.4 is 5.62 Å². The van der Waals surface area contributed by atoms with Crippen LogP contribution in [-0.4, -0.2) is 39.8 Å². The van der Waals surface area contributed by atoms with Crippen molar-refractivity contribution < 1.29 is 19.1 Å². The van der Waals surface area contributed by atoms with E-state index in [2.05, 4.69) is 10.1 Å². The van der Waals surface area contributed by atoms with Crippen molar-refractivity contribution in [2.24, 2.45) is 0 Å². The SMILES string of the molecule is CCOC(=O)c1[nH]n2c(=N)nc3ccccc(c1C(=O)OCC)c32. The molecule has 3 aromatic rings. The van der Waals surface area contributed by atoms with Crippen LogP contribution in [0.3, 0.4) is 0 Å². The van der Waals surface area contributed by atoms with Gasteiger partial charge < -0.3 is 9.47 Å². The van der Waals surface area contributed by atoms with Crippen LogP contribution in [-0.2, 0) is 9.47 Å². The maximum atomic E-state index is 12.5. The Morgan fingerprint density at radius 3 is 2.54 bits per heavy atom. The molecule has 2 heterocycles. The summed E-state index contributed by atoms with van der Waals surface area (Å²) in [6.07, 6.45) is 0. The summed E-state index contributed by atoms with van der Waals surface area (Å²) in [5.74, 6) is -1.33. The molecule has 8 heteroatoms. The molecule has 0 saturated heterocycles. The number of nitrogens with zero attached hydrogens (tertiary/aromatic N) is 2. The third-order valence-corrected chi connectivity index (χ3v) is 3.49. The molecule has 0 spiro atoms. The molecular formula is C16H16N4O4. The third-order valence-electron chi connectivity index (χ3n) is 3.49. The van der Waals surface area contributed by atoms with Crippen LogP contribution >= 0.6 is 0 Å². The van der Waals surface area contributed by atoms with Gasteiger partial charge in [0.15, 0.2) is 5.69 Å². The number of ether oxygens (including phenoxy) is 2. The van der Waals surface area contributed by atoms with E-state index in [0.29, 0.717) is 16.4 Å². The van der Waals surface area contributed by atoms with Crippen LogP contribution in [0.15, 0.2) is 24.3 Å². The Morgan fingerprint density at radius 1 is 1.17 bits per heavy atom. The van der Waals surface area contributed by atoms with E-state index in [9.17, 15) is 9.59 Å². The van der Waals surface area contributed by atoms with Gasteiger partial charge in [0, 0.05) is 5.39 Å². The molecule has 1 aromatic carbocycles. The molecule has 124 valence electrons. The molecule has 0 amide bonds. The van der Waals surface area contributed by atoms with Crippen molar-refractivity contribution in [1.29, 1.82) is 5.41 Å². The molecule has 0 bridgehead atoms. The summed E-state index contributed by atoms with van der Waals surface area (Å²) in [5, 5.41) is 11.2. The Bertz CT molecular complexity index is 1000. The molecule has 0 aliphatic carbocycles. The van der Waals surface area contributed by atoms with E-state index in [0.717, 1.165) is 0 Å². The molecule has 24 heavy (non-hydrogen) atoms. The molecule has 2 aromatic heterocycles. The number of imidazole rings is 1. The fourth-order valence-electron chi connectivity index (χ4n) is 2.57. The molecular weight excluding hydrogens is 312 g/mol. The maximum Gasteiger partial charge on any atom is 0.357 e. The number of aromatic nitrogens is 3. The quantitative estimate of drug-likeness (QED) is 0.708. The van der Waals surface area contributed by atoms with Crippen LogP contribution in [0.25, 0.3) is 16.4 Å². The van der Waals surface area contributed by atoms with Crippen molar-refractivity contribution in [3.63, 3.8) is 0 Å². The zero-order valence-electron chi connectivity index (χ0n) is 13.3. The smallest absolute Gasteiger partial charge is 0.357 e. The fourth-order valence-corrected chi connectivity index (χ4v) is 2.57. The number of rotatable bonds is 4. The van der Waals surface area contributed by atoms with E-state index >= 15 is 0 Å². The van der Waals surface area contributed by atoms with Gasteiger partial charge in [0.05, 0.1) is 18.7 Å². The minimum Gasteiger partial charge on any atom is -0.462 e. The standard InChI is InChI=1S/C16H16N4O4/c1-3-23-14(21)11-9-7-5-6-8-10-13(9)20(16(17)18-10)19-12(11)15(22)24-4-2/h5-8,17,19H,3-4H2,1-2H3. The van der Waals surface area contributed by atoms with E-state index in [1.807, 2.05) is 0 Å². The largest absolute Gasteiger partial charge is 0.462 e. The van der Waals surface area contributed by atoms with Crippen LogP contribution in [0.5, 0.6) is 0 Å². The number of carbonyl (C=O) groups is 2. The minimum absolute atomic E-state index is 0.0678. The van der Waals surface area contributed by atoms with Gasteiger partial charge in [-0.05, 0) is 19.9 Å². The molecule has 0 saturated carbocycles. The topological polar surface area (TPSA) is 110 Å². The van der Waals surface area contributed by atoms with Gasteiger partial charge in [-0.15, -0.1) is 0 Å². The Kier molecular flexibility index (Phi) is 4.03. The number of H-pyrrole nitrogens is 1. The predicted molar refractivity (Wildman–Crippen MR) is 84.8 cm³/mol. The van der Waals surface area contributed by atoms with Gasteiger partial charge in [-0.2, -0.15) is 0 Å². The number of carbonyl (C=O) groups excluding carboxylic acids is 2. The minimum atomic E-state index is -0.695. The number of hydrogen-bond donors (Lipinski definition) is 2. The Morgan fingerprint density at radius 2 is 1.83 bits per heavy atom. The first-order chi connectivity index (χ1) is 11.6. The summed E-state index contributed by atoms with van der Waals surface area (Å²) in [6, 6.07) is 6.90. The second kappa shape index (κ2) is 6.15. The summed E-state index contributed by atoms with van der Waals surface area (Å²) < 4.78 is 11.5. The van der Waals surface area contributed by atoms with Crippen molar-refractivity contribution in [2.45, 2.75) is 13.8 Å². The molecule has 0 radical (unpaired) electrons. The van der Waals surface area contributed by atoms with Crippen molar-refractivity contribution >= 4 is 28.4 Å². The second-order valence-corrected chi connectivity index (χ2v) is 4.94. The average Bonchev–Trinajstić information content (AvgIpc) is 2.73. The van der Waals surface area contributed by atoms with Gasteiger partial charge in [-0.1, -0.05) is 18.2 Å². The van der Waals surface area contributed by atoms with E-state index in [1.165, 1.54) is 4.52 Å². The zero-order valence-corrected chi connectivity index (χ0v) is 13.3. The van der Waals surface area contributed by atoms with Gasteiger partial charge in [0.1, 0.15) is 11.1 Å². The first-order valence-electron chi connectivity index (χ1n) is 7.50. The third kappa shape index (κ3) is 2.41. The van der Waals surface area contributed by atoms with E-state index < -0.39 is 11.9 Å². The highest BCUT2D eigenvalue weighted by atomic mass is 16.5. The van der Waals surface area contributed by atoms with E-state index in [-0.39, 0.29) is 30.1 Å². The summed E-state index contributed by atoms with van der Waals surface area (Å²) in [7, 11) is 0. The number of aromatic amines is 1. The summed E-state index contributed by atoms with van der Waals surface area (Å²) in [4.78, 5) is 28.9. The van der Waals surface area contributed by atoms with Gasteiger partial charge in [-0.25, -0.2) is 19.1 Å². The van der Waals surface area contributed by atoms with Crippen molar-refractivity contribution in [3.05, 3.63) is 41.1 Å². The lowest BCUT2D eigenvalue weighted by molar-refractivity contribution is 0.0473. The van der Waals surface area contributed by atoms with Gasteiger partial charge in [-0.3, -0.25) is 10.5 Å². The van der Waals surface area contributed by atoms with Crippen molar-refractivity contribution in [1.82, 2.24) is 14.6 Å². The molecule has 0 unspecified atom stereocenters. The number of hydrogen-bond acceptors (Lipinski definition) is 6. The van der Waals surface area contributed by atoms with Gasteiger partial charge in [0.2, 0.25) is 5.62 Å². The molecule has 0 fully saturated rings. The predicted octanol–water partition coefficient (Wildman–Crippen LogP) is 1.65. The van der Waals surface area contributed by atoms with E-state index in [1.54, 1.807) is 38.1 Å². The lowest BCUT2D eigenvalue weighted by atomic mass is 10.1. The molecule has 0 aliphatic rings. The number of nitrogens with one attached hydrogen (secondary N) is 2. The van der Waals surface area contributed by atoms with Crippen molar-refractivity contribution in [3.8, 4) is 0 Å². The van der Waals surface area contributed by atoms with Gasteiger partial charge >= 0.3 is 11.9 Å². The first-order valence-corrected chi connectivity index (χ1v) is 7.50. The lowest BCUT2D eigenvalue weighted by Gasteiger charge is -2.11. The second-order valence-electron chi connectivity index (χ2n) is 4.94. The average molecular weight is 328 g/mol. The van der Waals surface area contributed by atoms with Crippen LogP contribution in [0.1, 0.15) is 34.7 Å². The summed E-state index contributed by atoms with van der Waals surface area (Å²) >= 11 is 0. The summed E-state index contributed by atoms with van der Waals surface area (Å²) in [5.41, 5.74) is 0.978. The molecule has 2 N–H and O–H groups in total.